The lowest BCUT2D eigenvalue weighted by atomic mass is 9.64. The van der Waals surface area contributed by atoms with Crippen molar-refractivity contribution in [3.8, 4) is 57.1 Å². The number of benzene rings is 6. The van der Waals surface area contributed by atoms with Gasteiger partial charge in [-0.25, -0.2) is 0 Å². The van der Waals surface area contributed by atoms with Crippen molar-refractivity contribution in [1.29, 1.82) is 0 Å². The van der Waals surface area contributed by atoms with E-state index in [1.807, 2.05) is 84.9 Å². The highest BCUT2D eigenvalue weighted by atomic mass is 16.5. The van der Waals surface area contributed by atoms with Crippen LogP contribution in [0.3, 0.4) is 0 Å². The summed E-state index contributed by atoms with van der Waals surface area (Å²) >= 11 is 0. The Labute approximate surface area is 321 Å². The molecule has 0 saturated heterocycles. The van der Waals surface area contributed by atoms with Crippen molar-refractivity contribution in [2.45, 2.75) is 57.8 Å². The number of fused-ring (bicyclic) bond motifs is 3. The summed E-state index contributed by atoms with van der Waals surface area (Å²) in [6, 6.07) is 34.1. The number of aryl methyl sites for hydroxylation is 1. The zero-order valence-electron chi connectivity index (χ0n) is 31.0. The fourth-order valence-electron chi connectivity index (χ4n) is 7.95. The zero-order valence-corrected chi connectivity index (χ0v) is 31.0. The maximum Gasteiger partial charge on any atom is 0.200 e. The number of hydrogen-bond donors (Lipinski definition) is 6. The molecule has 0 unspecified atom stereocenters. The fourth-order valence-corrected chi connectivity index (χ4v) is 7.95. The second-order valence-electron chi connectivity index (χ2n) is 14.2. The number of aromatic hydroxyl groups is 6. The monoisotopic (exact) mass is 738 g/mol. The van der Waals surface area contributed by atoms with Crippen molar-refractivity contribution in [3.05, 3.63) is 154 Å². The quantitative estimate of drug-likeness (QED) is 0.0479. The summed E-state index contributed by atoms with van der Waals surface area (Å²) in [6.07, 6.45) is 5.11. The van der Waals surface area contributed by atoms with Crippen LogP contribution in [0.25, 0.3) is 11.1 Å². The van der Waals surface area contributed by atoms with Crippen molar-refractivity contribution in [2.24, 2.45) is 0 Å². The minimum Gasteiger partial charge on any atom is -0.504 e. The highest BCUT2D eigenvalue weighted by molar-refractivity contribution is 5.88. The van der Waals surface area contributed by atoms with Gasteiger partial charge in [0.15, 0.2) is 23.0 Å². The SMILES string of the molecule is CCc1ccc(OCCCCCCOc2ccc(Cc3c(C4(c5cc(O)c(O)c(O)c5C)c5ccccc5-c5ccccc54)cc(O)c(O)c3O)cc2)cc1. The predicted molar refractivity (Wildman–Crippen MR) is 213 cm³/mol. The van der Waals surface area contributed by atoms with E-state index < -0.39 is 39.9 Å². The van der Waals surface area contributed by atoms with Crippen molar-refractivity contribution < 1.29 is 40.1 Å². The number of rotatable bonds is 14. The van der Waals surface area contributed by atoms with Crippen LogP contribution in [0.2, 0.25) is 0 Å². The lowest BCUT2D eigenvalue weighted by Crippen LogP contribution is -2.31. The summed E-state index contributed by atoms with van der Waals surface area (Å²) < 4.78 is 11.9. The Morgan fingerprint density at radius 2 is 0.964 bits per heavy atom. The molecule has 6 N–H and O–H groups in total. The standard InChI is InChI=1S/C47H46O8/c1-3-30-16-20-32(21-17-30)54-24-10-4-5-11-25-55-33-22-18-31(19-23-33)26-36-40(28-42(49)46(53)44(36)51)47(39-27-41(48)45(52)43(50)29(39)2)37-14-8-6-12-34(37)35-13-7-9-15-38(35)47/h6-9,12-23,27-28,48-53H,3-5,10-11,24-26H2,1-2H3. The van der Waals surface area contributed by atoms with E-state index in [-0.39, 0.29) is 6.42 Å². The topological polar surface area (TPSA) is 140 Å². The lowest BCUT2D eigenvalue weighted by molar-refractivity contribution is 0.287. The number of hydrogen-bond acceptors (Lipinski definition) is 8. The van der Waals surface area contributed by atoms with Gasteiger partial charge in [0.2, 0.25) is 11.5 Å². The van der Waals surface area contributed by atoms with Crippen LogP contribution in [0.15, 0.2) is 109 Å². The van der Waals surface area contributed by atoms with Gasteiger partial charge in [-0.15, -0.1) is 0 Å². The fraction of sp³-hybridized carbons (Fsp3) is 0.234. The molecule has 282 valence electrons. The highest BCUT2D eigenvalue weighted by Gasteiger charge is 2.49. The molecule has 6 aromatic rings. The van der Waals surface area contributed by atoms with Gasteiger partial charge >= 0.3 is 0 Å². The Morgan fingerprint density at radius 1 is 0.491 bits per heavy atom. The van der Waals surface area contributed by atoms with Crippen LogP contribution in [-0.4, -0.2) is 43.9 Å². The molecule has 0 aromatic heterocycles. The van der Waals surface area contributed by atoms with Gasteiger partial charge < -0.3 is 40.1 Å². The average molecular weight is 739 g/mol. The molecule has 0 fully saturated rings. The van der Waals surface area contributed by atoms with E-state index >= 15 is 0 Å². The van der Waals surface area contributed by atoms with Crippen molar-refractivity contribution in [2.75, 3.05) is 13.2 Å². The van der Waals surface area contributed by atoms with E-state index in [1.165, 1.54) is 17.7 Å². The molecule has 8 heteroatoms. The molecule has 55 heavy (non-hydrogen) atoms. The molecule has 8 nitrogen and oxygen atoms in total. The first-order valence-corrected chi connectivity index (χ1v) is 18.8. The van der Waals surface area contributed by atoms with Gasteiger partial charge in [-0.2, -0.15) is 0 Å². The second kappa shape index (κ2) is 15.6. The van der Waals surface area contributed by atoms with Gasteiger partial charge in [-0.05, 0) is 125 Å². The van der Waals surface area contributed by atoms with Crippen molar-refractivity contribution in [1.82, 2.24) is 0 Å². The predicted octanol–water partition coefficient (Wildman–Crippen LogP) is 9.76. The maximum absolute atomic E-state index is 11.6. The molecule has 0 amide bonds. The van der Waals surface area contributed by atoms with Crippen LogP contribution >= 0.6 is 0 Å². The molecule has 7 rings (SSSR count). The average Bonchev–Trinajstić information content (AvgIpc) is 3.51. The third-order valence-corrected chi connectivity index (χ3v) is 10.8. The molecule has 0 bridgehead atoms. The number of phenols is 6. The van der Waals surface area contributed by atoms with E-state index in [0.717, 1.165) is 65.7 Å². The van der Waals surface area contributed by atoms with Gasteiger partial charge in [0, 0.05) is 12.0 Å². The van der Waals surface area contributed by atoms with E-state index in [2.05, 4.69) is 19.1 Å². The van der Waals surface area contributed by atoms with Crippen molar-refractivity contribution in [3.63, 3.8) is 0 Å². The molecule has 1 aliphatic carbocycles. The van der Waals surface area contributed by atoms with Crippen molar-refractivity contribution >= 4 is 0 Å². The second-order valence-corrected chi connectivity index (χ2v) is 14.2. The third-order valence-electron chi connectivity index (χ3n) is 10.8. The number of phenolic OH excluding ortho intramolecular Hbond substituents is 6. The smallest absolute Gasteiger partial charge is 0.200 e. The summed E-state index contributed by atoms with van der Waals surface area (Å²) in [7, 11) is 0. The van der Waals surface area contributed by atoms with Gasteiger partial charge in [0.25, 0.3) is 0 Å². The minimum atomic E-state index is -1.31. The molecule has 0 saturated carbocycles. The number of unbranched alkanes of at least 4 members (excludes halogenated alkanes) is 3. The Kier molecular flexibility index (Phi) is 10.5. The van der Waals surface area contributed by atoms with E-state index in [1.54, 1.807) is 6.92 Å². The Hall–Kier alpha value is -6.28. The highest BCUT2D eigenvalue weighted by Crippen LogP contribution is 2.61. The first-order valence-electron chi connectivity index (χ1n) is 18.8. The molecule has 1 aliphatic rings. The number of ether oxygens (including phenoxy) is 2. The van der Waals surface area contributed by atoms with Crippen LogP contribution in [0.1, 0.15) is 77.1 Å². The summed E-state index contributed by atoms with van der Waals surface area (Å²) in [6.45, 7) is 5.04. The van der Waals surface area contributed by atoms with E-state index in [0.29, 0.717) is 41.2 Å². The lowest BCUT2D eigenvalue weighted by Gasteiger charge is -2.37. The van der Waals surface area contributed by atoms with Gasteiger partial charge in [0.1, 0.15) is 11.5 Å². The molecule has 0 aliphatic heterocycles. The summed E-state index contributed by atoms with van der Waals surface area (Å²) in [4.78, 5) is 0. The largest absolute Gasteiger partial charge is 0.504 e. The zero-order chi connectivity index (χ0) is 38.7. The Balaban J connectivity index is 1.14. The molecule has 0 spiro atoms. The molecular weight excluding hydrogens is 693 g/mol. The van der Waals surface area contributed by atoms with E-state index in [4.69, 9.17) is 9.47 Å². The summed E-state index contributed by atoms with van der Waals surface area (Å²) in [5.74, 6) is -1.70. The maximum atomic E-state index is 11.6. The minimum absolute atomic E-state index is 0.154. The normalized spacial score (nSPS) is 12.6. The van der Waals surface area contributed by atoms with Crippen LogP contribution in [0, 0.1) is 6.92 Å². The molecule has 0 atom stereocenters. The van der Waals surface area contributed by atoms with Crippen LogP contribution in [0.5, 0.6) is 46.0 Å². The van der Waals surface area contributed by atoms with Gasteiger partial charge in [0.05, 0.1) is 18.6 Å². The van der Waals surface area contributed by atoms with Crippen LogP contribution < -0.4 is 9.47 Å². The first-order chi connectivity index (χ1) is 26.6. The third kappa shape index (κ3) is 6.84. The summed E-state index contributed by atoms with van der Waals surface area (Å²) in [5, 5.41) is 66.2. The van der Waals surface area contributed by atoms with Crippen LogP contribution in [0.4, 0.5) is 0 Å². The van der Waals surface area contributed by atoms with Gasteiger partial charge in [-0.3, -0.25) is 0 Å². The Morgan fingerprint density at radius 3 is 1.49 bits per heavy atom. The first kappa shape index (κ1) is 37.1. The van der Waals surface area contributed by atoms with E-state index in [9.17, 15) is 30.6 Å². The molecule has 6 aromatic carbocycles. The van der Waals surface area contributed by atoms with Gasteiger partial charge in [-0.1, -0.05) is 79.7 Å². The molecule has 0 heterocycles. The molecular formula is C47H46O8. The summed E-state index contributed by atoms with van der Waals surface area (Å²) in [5.41, 5.74) is 5.60. The molecule has 0 radical (unpaired) electrons. The Bertz CT molecular complexity index is 2270. The van der Waals surface area contributed by atoms with Crippen LogP contribution in [-0.2, 0) is 18.3 Å².